The number of carbonyl (C=O) groups excluding carboxylic acids is 1. The van der Waals surface area contributed by atoms with E-state index in [1.165, 1.54) is 18.2 Å². The van der Waals surface area contributed by atoms with Gasteiger partial charge >= 0.3 is 6.36 Å². The third-order valence-corrected chi connectivity index (χ3v) is 3.22. The maximum absolute atomic E-state index is 12.2. The Labute approximate surface area is 113 Å². The number of para-hydroxylation sites is 1. The van der Waals surface area contributed by atoms with Crippen molar-refractivity contribution in [2.24, 2.45) is 0 Å². The summed E-state index contributed by atoms with van der Waals surface area (Å²) < 4.78 is 40.5. The normalized spacial score (nSPS) is 17.2. The fourth-order valence-corrected chi connectivity index (χ4v) is 1.97. The number of rotatable bonds is 4. The molecule has 1 aliphatic rings. The predicted octanol–water partition coefficient (Wildman–Crippen LogP) is 2.23. The average molecular weight is 289 g/mol. The Bertz CT molecular complexity index is 498. The minimum atomic E-state index is -4.86. The second kappa shape index (κ2) is 5.32. The molecule has 0 saturated heterocycles. The average Bonchev–Trinajstić information content (AvgIpc) is 2.32. The summed E-state index contributed by atoms with van der Waals surface area (Å²) in [5.41, 5.74) is -1.15. The molecule has 0 aliphatic heterocycles. The molecule has 0 unspecified atom stereocenters. The van der Waals surface area contributed by atoms with Crippen LogP contribution in [0.25, 0.3) is 0 Å². The van der Waals surface area contributed by atoms with Gasteiger partial charge in [-0.15, -0.1) is 13.2 Å². The lowest BCUT2D eigenvalue weighted by Crippen LogP contribution is -2.47. The van der Waals surface area contributed by atoms with E-state index in [0.29, 0.717) is 12.8 Å². The summed E-state index contributed by atoms with van der Waals surface area (Å²) >= 11 is 0. The molecule has 20 heavy (non-hydrogen) atoms. The van der Waals surface area contributed by atoms with Crippen molar-refractivity contribution in [1.82, 2.24) is 5.32 Å². The summed E-state index contributed by atoms with van der Waals surface area (Å²) in [5.74, 6) is -1.26. The Balaban J connectivity index is 2.05. The number of alkyl halides is 3. The maximum Gasteiger partial charge on any atom is 0.573 e. The van der Waals surface area contributed by atoms with Crippen molar-refractivity contribution >= 4 is 5.91 Å². The molecule has 1 saturated carbocycles. The number of amides is 1. The van der Waals surface area contributed by atoms with Gasteiger partial charge in [-0.3, -0.25) is 4.79 Å². The summed E-state index contributed by atoms with van der Waals surface area (Å²) in [5, 5.41) is 12.3. The molecule has 1 amide bonds. The van der Waals surface area contributed by atoms with E-state index in [4.69, 9.17) is 0 Å². The molecular formula is C13H14F3NO3. The first-order valence-corrected chi connectivity index (χ1v) is 6.14. The first-order valence-electron chi connectivity index (χ1n) is 6.14. The highest BCUT2D eigenvalue weighted by molar-refractivity contribution is 5.96. The minimum Gasteiger partial charge on any atom is -0.405 e. The lowest BCUT2D eigenvalue weighted by molar-refractivity contribution is -0.274. The molecule has 1 aliphatic carbocycles. The van der Waals surface area contributed by atoms with Gasteiger partial charge in [-0.1, -0.05) is 12.1 Å². The van der Waals surface area contributed by atoms with E-state index in [1.807, 2.05) is 0 Å². The fourth-order valence-electron chi connectivity index (χ4n) is 1.97. The van der Waals surface area contributed by atoms with E-state index < -0.39 is 23.6 Å². The smallest absolute Gasteiger partial charge is 0.405 e. The Kier molecular flexibility index (Phi) is 3.89. The zero-order chi connectivity index (χ0) is 14.8. The largest absolute Gasteiger partial charge is 0.573 e. The van der Waals surface area contributed by atoms with E-state index in [9.17, 15) is 23.1 Å². The number of carbonyl (C=O) groups is 1. The first-order chi connectivity index (χ1) is 9.29. The molecule has 7 heteroatoms. The Hall–Kier alpha value is -1.76. The van der Waals surface area contributed by atoms with Crippen LogP contribution < -0.4 is 10.1 Å². The molecular weight excluding hydrogens is 275 g/mol. The van der Waals surface area contributed by atoms with Gasteiger partial charge in [0.2, 0.25) is 0 Å². The van der Waals surface area contributed by atoms with E-state index in [0.717, 1.165) is 12.5 Å². The minimum absolute atomic E-state index is 0.0200. The van der Waals surface area contributed by atoms with Crippen LogP contribution in [-0.2, 0) is 0 Å². The van der Waals surface area contributed by atoms with E-state index >= 15 is 0 Å². The quantitative estimate of drug-likeness (QED) is 0.893. The van der Waals surface area contributed by atoms with Gasteiger partial charge in [0.25, 0.3) is 5.91 Å². The number of halogens is 3. The molecule has 0 atom stereocenters. The Morgan fingerprint density at radius 2 is 2.00 bits per heavy atom. The topological polar surface area (TPSA) is 58.6 Å². The van der Waals surface area contributed by atoms with Crippen molar-refractivity contribution in [2.45, 2.75) is 31.2 Å². The molecule has 0 aromatic heterocycles. The number of hydrogen-bond acceptors (Lipinski definition) is 3. The highest BCUT2D eigenvalue weighted by Gasteiger charge is 2.35. The Morgan fingerprint density at radius 1 is 1.35 bits per heavy atom. The second-order valence-electron chi connectivity index (χ2n) is 4.80. The Morgan fingerprint density at radius 3 is 2.55 bits per heavy atom. The van der Waals surface area contributed by atoms with Crippen LogP contribution in [0.3, 0.4) is 0 Å². The lowest BCUT2D eigenvalue weighted by atomic mass is 9.80. The standard InChI is InChI=1S/C13H14F3NO3/c14-13(15,16)20-10-5-2-1-4-9(10)11(18)17-8-12(19)6-3-7-12/h1-2,4-5,19H,3,6-8H2,(H,17,18). The third-order valence-electron chi connectivity index (χ3n) is 3.22. The molecule has 0 spiro atoms. The van der Waals surface area contributed by atoms with Gasteiger partial charge in [0, 0.05) is 6.54 Å². The molecule has 0 bridgehead atoms. The van der Waals surface area contributed by atoms with Crippen LogP contribution in [0.1, 0.15) is 29.6 Å². The van der Waals surface area contributed by atoms with Crippen LogP contribution in [0.15, 0.2) is 24.3 Å². The van der Waals surface area contributed by atoms with Crippen molar-refractivity contribution in [2.75, 3.05) is 6.54 Å². The van der Waals surface area contributed by atoms with Crippen LogP contribution in [0.4, 0.5) is 13.2 Å². The van der Waals surface area contributed by atoms with Crippen molar-refractivity contribution in [3.05, 3.63) is 29.8 Å². The molecule has 4 nitrogen and oxygen atoms in total. The number of hydrogen-bond donors (Lipinski definition) is 2. The van der Waals surface area contributed by atoms with E-state index in [1.54, 1.807) is 0 Å². The van der Waals surface area contributed by atoms with Crippen LogP contribution in [-0.4, -0.2) is 29.5 Å². The highest BCUT2D eigenvalue weighted by Crippen LogP contribution is 2.31. The summed E-state index contributed by atoms with van der Waals surface area (Å²) in [6.07, 6.45) is -2.83. The van der Waals surface area contributed by atoms with Gasteiger partial charge in [-0.2, -0.15) is 0 Å². The van der Waals surface area contributed by atoms with Gasteiger partial charge in [-0.25, -0.2) is 0 Å². The lowest BCUT2D eigenvalue weighted by Gasteiger charge is -2.36. The summed E-state index contributed by atoms with van der Waals surface area (Å²) in [6.45, 7) is 0.0200. The van der Waals surface area contributed by atoms with Crippen molar-refractivity contribution in [1.29, 1.82) is 0 Å². The number of ether oxygens (including phenoxy) is 1. The second-order valence-corrected chi connectivity index (χ2v) is 4.80. The summed E-state index contributed by atoms with van der Waals surface area (Å²) in [4.78, 5) is 11.9. The van der Waals surface area contributed by atoms with Gasteiger partial charge in [0.15, 0.2) is 0 Å². The summed E-state index contributed by atoms with van der Waals surface area (Å²) in [6, 6.07) is 5.09. The molecule has 2 rings (SSSR count). The van der Waals surface area contributed by atoms with Crippen molar-refractivity contribution in [3.8, 4) is 5.75 Å². The summed E-state index contributed by atoms with van der Waals surface area (Å²) in [7, 11) is 0. The molecule has 110 valence electrons. The molecule has 1 aromatic carbocycles. The van der Waals surface area contributed by atoms with Crippen LogP contribution >= 0.6 is 0 Å². The van der Waals surface area contributed by atoms with Crippen LogP contribution in [0, 0.1) is 0 Å². The molecule has 0 heterocycles. The number of aliphatic hydroxyl groups is 1. The van der Waals surface area contributed by atoms with Crippen molar-refractivity contribution < 1.29 is 27.8 Å². The maximum atomic E-state index is 12.2. The number of benzene rings is 1. The van der Waals surface area contributed by atoms with Gasteiger partial charge in [-0.05, 0) is 31.4 Å². The highest BCUT2D eigenvalue weighted by atomic mass is 19.4. The monoisotopic (exact) mass is 289 g/mol. The van der Waals surface area contributed by atoms with E-state index in [-0.39, 0.29) is 12.1 Å². The zero-order valence-corrected chi connectivity index (χ0v) is 10.5. The van der Waals surface area contributed by atoms with Gasteiger partial charge in [0.05, 0.1) is 11.2 Å². The molecule has 1 aromatic rings. The first kappa shape index (κ1) is 14.6. The van der Waals surface area contributed by atoms with Crippen LogP contribution in [0.2, 0.25) is 0 Å². The van der Waals surface area contributed by atoms with Gasteiger partial charge < -0.3 is 15.2 Å². The molecule has 1 fully saturated rings. The fraction of sp³-hybridized carbons (Fsp3) is 0.462. The third kappa shape index (κ3) is 3.63. The predicted molar refractivity (Wildman–Crippen MR) is 64.3 cm³/mol. The van der Waals surface area contributed by atoms with Gasteiger partial charge in [0.1, 0.15) is 5.75 Å². The number of nitrogens with one attached hydrogen (secondary N) is 1. The van der Waals surface area contributed by atoms with E-state index in [2.05, 4.69) is 10.1 Å². The van der Waals surface area contributed by atoms with Crippen LogP contribution in [0.5, 0.6) is 5.75 Å². The SMILES string of the molecule is O=C(NCC1(O)CCC1)c1ccccc1OC(F)(F)F. The molecule has 2 N–H and O–H groups in total. The van der Waals surface area contributed by atoms with Crippen molar-refractivity contribution in [3.63, 3.8) is 0 Å². The molecule has 0 radical (unpaired) electrons. The zero-order valence-electron chi connectivity index (χ0n) is 10.5.